The Morgan fingerprint density at radius 2 is 1.89 bits per heavy atom. The number of carbonyl (C=O) groups is 2. The number of aliphatic carboxylic acids is 1. The number of alkyl halides is 3. The maximum Gasteiger partial charge on any atom is 0.449 e. The molecule has 0 unspecified atom stereocenters. The minimum atomic E-state index is -4.57. The SMILES string of the molecule is O=C(O)CCC(=O)Nc1ccc2c(c1)nc(C(F)(F)F)n2C1CCCCC1. The van der Waals surface area contributed by atoms with Crippen molar-refractivity contribution >= 4 is 28.6 Å². The van der Waals surface area contributed by atoms with Crippen LogP contribution in [-0.2, 0) is 15.8 Å². The largest absolute Gasteiger partial charge is 0.481 e. The average molecular weight is 383 g/mol. The van der Waals surface area contributed by atoms with Gasteiger partial charge in [-0.3, -0.25) is 9.59 Å². The van der Waals surface area contributed by atoms with E-state index in [0.29, 0.717) is 24.0 Å². The number of rotatable bonds is 5. The number of nitrogens with zero attached hydrogens (tertiary/aromatic N) is 2. The summed E-state index contributed by atoms with van der Waals surface area (Å²) in [5, 5.41) is 11.1. The number of carbonyl (C=O) groups excluding carboxylic acids is 1. The van der Waals surface area contributed by atoms with E-state index >= 15 is 0 Å². The highest BCUT2D eigenvalue weighted by atomic mass is 19.4. The second-order valence-corrected chi connectivity index (χ2v) is 6.74. The fourth-order valence-corrected chi connectivity index (χ4v) is 3.53. The number of carboxylic acids is 1. The minimum Gasteiger partial charge on any atom is -0.481 e. The Bertz CT molecular complexity index is 855. The smallest absolute Gasteiger partial charge is 0.449 e. The second-order valence-electron chi connectivity index (χ2n) is 6.74. The third-order valence-corrected chi connectivity index (χ3v) is 4.73. The lowest BCUT2D eigenvalue weighted by Gasteiger charge is -2.26. The molecular formula is C18H20F3N3O3. The summed E-state index contributed by atoms with van der Waals surface area (Å²) in [5.74, 6) is -2.53. The summed E-state index contributed by atoms with van der Waals surface area (Å²) < 4.78 is 41.8. The molecule has 1 aromatic carbocycles. The molecular weight excluding hydrogens is 363 g/mol. The van der Waals surface area contributed by atoms with E-state index in [1.807, 2.05) is 0 Å². The van der Waals surface area contributed by atoms with Crippen molar-refractivity contribution in [2.75, 3.05) is 5.32 Å². The van der Waals surface area contributed by atoms with Crippen LogP contribution in [0.3, 0.4) is 0 Å². The molecule has 0 atom stereocenters. The van der Waals surface area contributed by atoms with Crippen LogP contribution in [0.4, 0.5) is 18.9 Å². The van der Waals surface area contributed by atoms with E-state index in [1.165, 1.54) is 22.8 Å². The number of amides is 1. The van der Waals surface area contributed by atoms with E-state index in [2.05, 4.69) is 10.3 Å². The van der Waals surface area contributed by atoms with E-state index in [1.54, 1.807) is 0 Å². The number of hydrogen-bond acceptors (Lipinski definition) is 3. The fourth-order valence-electron chi connectivity index (χ4n) is 3.53. The van der Waals surface area contributed by atoms with E-state index in [0.717, 1.165) is 19.3 Å². The molecule has 1 amide bonds. The Morgan fingerprint density at radius 3 is 2.52 bits per heavy atom. The lowest BCUT2D eigenvalue weighted by Crippen LogP contribution is -2.21. The first-order chi connectivity index (χ1) is 12.8. The highest BCUT2D eigenvalue weighted by Crippen LogP contribution is 2.38. The first kappa shape index (κ1) is 19.2. The van der Waals surface area contributed by atoms with E-state index < -0.39 is 23.9 Å². The predicted molar refractivity (Wildman–Crippen MR) is 92.4 cm³/mol. The molecule has 3 rings (SSSR count). The van der Waals surface area contributed by atoms with Crippen LogP contribution in [0.2, 0.25) is 0 Å². The van der Waals surface area contributed by atoms with Crippen LogP contribution in [0.15, 0.2) is 18.2 Å². The van der Waals surface area contributed by atoms with Crippen molar-refractivity contribution in [1.29, 1.82) is 0 Å². The van der Waals surface area contributed by atoms with Gasteiger partial charge in [-0.05, 0) is 31.0 Å². The first-order valence-corrected chi connectivity index (χ1v) is 8.86. The Hall–Kier alpha value is -2.58. The standard InChI is InChI=1S/C18H20F3N3O3/c19-18(20,21)17-23-13-10-11(22-15(25)8-9-16(26)27)6-7-14(13)24(17)12-4-2-1-3-5-12/h6-7,10,12H,1-5,8-9H2,(H,22,25)(H,26,27). The summed E-state index contributed by atoms with van der Waals surface area (Å²) in [6.07, 6.45) is -0.929. The summed E-state index contributed by atoms with van der Waals surface area (Å²) >= 11 is 0. The van der Waals surface area contributed by atoms with Gasteiger partial charge >= 0.3 is 12.1 Å². The monoisotopic (exact) mass is 383 g/mol. The van der Waals surface area contributed by atoms with Crippen molar-refractivity contribution in [3.63, 3.8) is 0 Å². The number of fused-ring (bicyclic) bond motifs is 1. The molecule has 0 bridgehead atoms. The molecule has 146 valence electrons. The number of hydrogen-bond donors (Lipinski definition) is 2. The van der Waals surface area contributed by atoms with Gasteiger partial charge < -0.3 is 15.0 Å². The molecule has 9 heteroatoms. The van der Waals surface area contributed by atoms with Crippen molar-refractivity contribution in [2.45, 2.75) is 57.2 Å². The van der Waals surface area contributed by atoms with Gasteiger partial charge in [0, 0.05) is 18.2 Å². The minimum absolute atomic E-state index is 0.156. The van der Waals surface area contributed by atoms with Gasteiger partial charge in [0.05, 0.1) is 17.5 Å². The molecule has 1 saturated carbocycles. The van der Waals surface area contributed by atoms with E-state index in [-0.39, 0.29) is 24.4 Å². The number of halogens is 3. The normalized spacial score (nSPS) is 15.8. The molecule has 6 nitrogen and oxygen atoms in total. The van der Waals surface area contributed by atoms with Gasteiger partial charge in [-0.15, -0.1) is 0 Å². The third-order valence-electron chi connectivity index (χ3n) is 4.73. The van der Waals surface area contributed by atoms with Crippen molar-refractivity contribution in [2.24, 2.45) is 0 Å². The van der Waals surface area contributed by atoms with Crippen LogP contribution in [0.5, 0.6) is 0 Å². The van der Waals surface area contributed by atoms with Crippen LogP contribution in [0, 0.1) is 0 Å². The number of imidazole rings is 1. The van der Waals surface area contributed by atoms with Crippen molar-refractivity contribution in [3.8, 4) is 0 Å². The molecule has 0 aliphatic heterocycles. The quantitative estimate of drug-likeness (QED) is 0.803. The van der Waals surface area contributed by atoms with Gasteiger partial charge in [0.2, 0.25) is 11.7 Å². The lowest BCUT2D eigenvalue weighted by molar-refractivity contribution is -0.147. The average Bonchev–Trinajstić information content (AvgIpc) is 3.00. The van der Waals surface area contributed by atoms with Gasteiger partial charge in [0.25, 0.3) is 0 Å². The van der Waals surface area contributed by atoms with Gasteiger partial charge in [0.15, 0.2) is 0 Å². The zero-order chi connectivity index (χ0) is 19.6. The molecule has 1 heterocycles. The van der Waals surface area contributed by atoms with Crippen LogP contribution >= 0.6 is 0 Å². The zero-order valence-corrected chi connectivity index (χ0v) is 14.6. The van der Waals surface area contributed by atoms with Crippen LogP contribution in [0.1, 0.15) is 56.8 Å². The van der Waals surface area contributed by atoms with E-state index in [4.69, 9.17) is 5.11 Å². The highest BCUT2D eigenvalue weighted by Gasteiger charge is 2.39. The highest BCUT2D eigenvalue weighted by molar-refractivity contribution is 5.94. The molecule has 2 N–H and O–H groups in total. The summed E-state index contributed by atoms with van der Waals surface area (Å²) in [6, 6.07) is 4.19. The molecule has 2 aromatic rings. The Balaban J connectivity index is 1.92. The molecule has 1 aliphatic carbocycles. The Morgan fingerprint density at radius 1 is 1.19 bits per heavy atom. The summed E-state index contributed by atoms with van der Waals surface area (Å²) in [4.78, 5) is 26.1. The summed E-state index contributed by atoms with van der Waals surface area (Å²) in [6.45, 7) is 0. The maximum absolute atomic E-state index is 13.5. The molecule has 1 fully saturated rings. The number of aromatic nitrogens is 2. The fraction of sp³-hybridized carbons (Fsp3) is 0.500. The van der Waals surface area contributed by atoms with Crippen LogP contribution in [0.25, 0.3) is 11.0 Å². The maximum atomic E-state index is 13.5. The van der Waals surface area contributed by atoms with Gasteiger partial charge in [-0.2, -0.15) is 13.2 Å². The van der Waals surface area contributed by atoms with Crippen LogP contribution in [-0.4, -0.2) is 26.5 Å². The topological polar surface area (TPSA) is 84.2 Å². The molecule has 1 aromatic heterocycles. The molecule has 0 spiro atoms. The first-order valence-electron chi connectivity index (χ1n) is 8.86. The number of benzene rings is 1. The van der Waals surface area contributed by atoms with Gasteiger partial charge in [0.1, 0.15) is 0 Å². The summed E-state index contributed by atoms with van der Waals surface area (Å²) in [5.41, 5.74) is 0.835. The van der Waals surface area contributed by atoms with Crippen molar-refractivity contribution in [1.82, 2.24) is 9.55 Å². The van der Waals surface area contributed by atoms with Crippen molar-refractivity contribution in [3.05, 3.63) is 24.0 Å². The molecule has 0 radical (unpaired) electrons. The van der Waals surface area contributed by atoms with Gasteiger partial charge in [-0.25, -0.2) is 4.98 Å². The number of nitrogens with one attached hydrogen (secondary N) is 1. The summed E-state index contributed by atoms with van der Waals surface area (Å²) in [7, 11) is 0. The van der Waals surface area contributed by atoms with Gasteiger partial charge in [-0.1, -0.05) is 19.3 Å². The lowest BCUT2D eigenvalue weighted by atomic mass is 9.95. The van der Waals surface area contributed by atoms with Crippen molar-refractivity contribution < 1.29 is 27.9 Å². The number of anilines is 1. The Kier molecular flexibility index (Phi) is 5.38. The second kappa shape index (κ2) is 7.58. The van der Waals surface area contributed by atoms with E-state index in [9.17, 15) is 22.8 Å². The Labute approximate surface area is 153 Å². The molecule has 1 aliphatic rings. The van der Waals surface area contributed by atoms with Crippen LogP contribution < -0.4 is 5.32 Å². The third kappa shape index (κ3) is 4.40. The molecule has 0 saturated heterocycles. The number of carboxylic acid groups (broad SMARTS) is 1. The molecule has 27 heavy (non-hydrogen) atoms. The predicted octanol–water partition coefficient (Wildman–Crippen LogP) is 4.36. The zero-order valence-electron chi connectivity index (χ0n) is 14.6.